The number of aromatic nitrogens is 3. The van der Waals surface area contributed by atoms with E-state index in [0.29, 0.717) is 5.52 Å². The van der Waals surface area contributed by atoms with Gasteiger partial charge in [-0.15, -0.1) is 4.68 Å². The fourth-order valence-electron chi connectivity index (χ4n) is 1.16. The molecule has 5 heteroatoms. The van der Waals surface area contributed by atoms with Crippen LogP contribution in [0.25, 0.3) is 5.52 Å². The maximum atomic E-state index is 11.5. The lowest BCUT2D eigenvalue weighted by Crippen LogP contribution is -2.31. The van der Waals surface area contributed by atoms with Gasteiger partial charge in [0.1, 0.15) is 0 Å². The van der Waals surface area contributed by atoms with E-state index >= 15 is 0 Å². The van der Waals surface area contributed by atoms with E-state index in [0.717, 1.165) is 4.68 Å². The standard InChI is InChI=1S/C8H7N3O2/c1-6(12)11-8(13)10-4-2-3-7(10)5-9-11/h2-5H,1H3. The summed E-state index contributed by atoms with van der Waals surface area (Å²) in [4.78, 5) is 22.4. The third-order valence-corrected chi connectivity index (χ3v) is 1.77. The first kappa shape index (κ1) is 7.72. The van der Waals surface area contributed by atoms with E-state index in [1.165, 1.54) is 17.5 Å². The predicted molar refractivity (Wildman–Crippen MR) is 45.8 cm³/mol. The topological polar surface area (TPSA) is 56.4 Å². The van der Waals surface area contributed by atoms with Gasteiger partial charge >= 0.3 is 5.69 Å². The van der Waals surface area contributed by atoms with Crippen molar-refractivity contribution in [3.05, 3.63) is 35.0 Å². The molecule has 0 saturated heterocycles. The smallest absolute Gasteiger partial charge is 0.273 e. The van der Waals surface area contributed by atoms with E-state index in [9.17, 15) is 9.59 Å². The first-order valence-corrected chi connectivity index (χ1v) is 3.76. The van der Waals surface area contributed by atoms with E-state index in [2.05, 4.69) is 5.10 Å². The Morgan fingerprint density at radius 3 is 3.00 bits per heavy atom. The Hall–Kier alpha value is -1.91. The van der Waals surface area contributed by atoms with Gasteiger partial charge in [0.05, 0.1) is 11.7 Å². The van der Waals surface area contributed by atoms with Gasteiger partial charge < -0.3 is 0 Å². The predicted octanol–water partition coefficient (Wildman–Crippen LogP) is 0.156. The van der Waals surface area contributed by atoms with Gasteiger partial charge in [0.25, 0.3) is 0 Å². The van der Waals surface area contributed by atoms with Crippen LogP contribution in [-0.2, 0) is 0 Å². The Labute approximate surface area is 73.2 Å². The van der Waals surface area contributed by atoms with Gasteiger partial charge in [-0.25, -0.2) is 4.79 Å². The third kappa shape index (κ3) is 1.05. The molecule has 0 N–H and O–H groups in total. The van der Waals surface area contributed by atoms with Gasteiger partial charge in [-0.05, 0) is 12.1 Å². The third-order valence-electron chi connectivity index (χ3n) is 1.77. The molecule has 0 bridgehead atoms. The van der Waals surface area contributed by atoms with E-state index in [1.54, 1.807) is 18.3 Å². The molecule has 2 rings (SSSR count). The number of hydrogen-bond acceptors (Lipinski definition) is 3. The minimum Gasteiger partial charge on any atom is -0.273 e. The van der Waals surface area contributed by atoms with Crippen LogP contribution in [0.3, 0.4) is 0 Å². The van der Waals surface area contributed by atoms with Crippen LogP contribution in [-0.4, -0.2) is 20.1 Å². The van der Waals surface area contributed by atoms with Crippen LogP contribution in [0.4, 0.5) is 0 Å². The molecule has 0 aliphatic heterocycles. The molecule has 13 heavy (non-hydrogen) atoms. The van der Waals surface area contributed by atoms with Gasteiger partial charge in [0.15, 0.2) is 0 Å². The number of rotatable bonds is 0. The average Bonchev–Trinajstić information content (AvgIpc) is 2.52. The van der Waals surface area contributed by atoms with Crippen molar-refractivity contribution in [2.75, 3.05) is 0 Å². The molecule has 0 spiro atoms. The van der Waals surface area contributed by atoms with Crippen LogP contribution in [0.2, 0.25) is 0 Å². The van der Waals surface area contributed by atoms with Crippen LogP contribution >= 0.6 is 0 Å². The summed E-state index contributed by atoms with van der Waals surface area (Å²) in [7, 11) is 0. The maximum absolute atomic E-state index is 11.5. The van der Waals surface area contributed by atoms with Gasteiger partial charge in [-0.3, -0.25) is 9.20 Å². The number of carbonyl (C=O) groups is 1. The van der Waals surface area contributed by atoms with Crippen molar-refractivity contribution in [3.8, 4) is 0 Å². The van der Waals surface area contributed by atoms with Gasteiger partial charge in [-0.2, -0.15) is 5.10 Å². The second-order valence-electron chi connectivity index (χ2n) is 2.66. The summed E-state index contributed by atoms with van der Waals surface area (Å²) in [5.74, 6) is -0.388. The normalized spacial score (nSPS) is 10.5. The molecule has 0 atom stereocenters. The number of fused-ring (bicyclic) bond motifs is 1. The van der Waals surface area contributed by atoms with Crippen molar-refractivity contribution >= 4 is 11.4 Å². The fraction of sp³-hybridized carbons (Fsp3) is 0.125. The van der Waals surface area contributed by atoms with Crippen molar-refractivity contribution in [1.29, 1.82) is 0 Å². The second kappa shape index (κ2) is 2.55. The molecule has 0 radical (unpaired) electrons. The lowest BCUT2D eigenvalue weighted by atomic mass is 10.5. The highest BCUT2D eigenvalue weighted by Crippen LogP contribution is 1.96. The SMILES string of the molecule is CC(=O)n1ncc2cccn2c1=O. The molecular weight excluding hydrogens is 170 g/mol. The van der Waals surface area contributed by atoms with E-state index in [4.69, 9.17) is 0 Å². The zero-order chi connectivity index (χ0) is 9.42. The molecule has 5 nitrogen and oxygen atoms in total. The molecule has 0 unspecified atom stereocenters. The van der Waals surface area contributed by atoms with Crippen molar-refractivity contribution in [2.45, 2.75) is 6.92 Å². The van der Waals surface area contributed by atoms with Crippen LogP contribution in [0.15, 0.2) is 29.3 Å². The largest absolute Gasteiger partial charge is 0.356 e. The highest BCUT2D eigenvalue weighted by Gasteiger charge is 2.04. The highest BCUT2D eigenvalue weighted by atomic mass is 16.2. The van der Waals surface area contributed by atoms with Crippen molar-refractivity contribution in [2.24, 2.45) is 0 Å². The van der Waals surface area contributed by atoms with E-state index in [1.807, 2.05) is 0 Å². The second-order valence-corrected chi connectivity index (χ2v) is 2.66. The van der Waals surface area contributed by atoms with Gasteiger partial charge in [-0.1, -0.05) is 0 Å². The number of carbonyl (C=O) groups excluding carboxylic acids is 1. The Bertz CT molecular complexity index is 523. The highest BCUT2D eigenvalue weighted by molar-refractivity contribution is 5.74. The Kier molecular flexibility index (Phi) is 1.51. The molecule has 0 amide bonds. The molecule has 0 aliphatic carbocycles. The van der Waals surface area contributed by atoms with Crippen LogP contribution in [0, 0.1) is 0 Å². The zero-order valence-corrected chi connectivity index (χ0v) is 6.97. The summed E-state index contributed by atoms with van der Waals surface area (Å²) >= 11 is 0. The van der Waals surface area contributed by atoms with Gasteiger partial charge in [0, 0.05) is 13.1 Å². The summed E-state index contributed by atoms with van der Waals surface area (Å²) in [6.45, 7) is 1.30. The monoisotopic (exact) mass is 177 g/mol. The van der Waals surface area contributed by atoms with Crippen LogP contribution in [0.5, 0.6) is 0 Å². The van der Waals surface area contributed by atoms with Crippen LogP contribution < -0.4 is 5.69 Å². The van der Waals surface area contributed by atoms with Crippen molar-refractivity contribution < 1.29 is 4.79 Å². The lowest BCUT2D eigenvalue weighted by Gasteiger charge is -1.98. The number of nitrogens with zero attached hydrogens (tertiary/aromatic N) is 3. The molecule has 2 aromatic heterocycles. The average molecular weight is 177 g/mol. The Morgan fingerprint density at radius 2 is 2.31 bits per heavy atom. The van der Waals surface area contributed by atoms with Crippen LogP contribution in [0.1, 0.15) is 11.7 Å². The molecule has 0 aromatic carbocycles. The maximum Gasteiger partial charge on any atom is 0.356 e. The summed E-state index contributed by atoms with van der Waals surface area (Å²) < 4.78 is 2.20. The molecular formula is C8H7N3O2. The van der Waals surface area contributed by atoms with Crippen molar-refractivity contribution in [1.82, 2.24) is 14.2 Å². The molecule has 0 saturated carbocycles. The number of hydrogen-bond donors (Lipinski definition) is 0. The fourth-order valence-corrected chi connectivity index (χ4v) is 1.16. The summed E-state index contributed by atoms with van der Waals surface area (Å²) in [5.41, 5.74) is 0.248. The molecule has 2 heterocycles. The Morgan fingerprint density at radius 1 is 1.54 bits per heavy atom. The molecule has 2 aromatic rings. The van der Waals surface area contributed by atoms with E-state index in [-0.39, 0.29) is 5.91 Å². The molecule has 0 fully saturated rings. The van der Waals surface area contributed by atoms with Crippen molar-refractivity contribution in [3.63, 3.8) is 0 Å². The molecule has 66 valence electrons. The first-order valence-electron chi connectivity index (χ1n) is 3.76. The lowest BCUT2D eigenvalue weighted by molar-refractivity contribution is 0.0912. The minimum absolute atomic E-state index is 0.388. The summed E-state index contributed by atoms with van der Waals surface area (Å²) in [6, 6.07) is 3.47. The summed E-state index contributed by atoms with van der Waals surface area (Å²) in [5, 5.41) is 3.71. The Balaban J connectivity index is 2.89. The minimum atomic E-state index is -0.435. The first-order chi connectivity index (χ1) is 6.20. The quantitative estimate of drug-likeness (QED) is 0.575. The van der Waals surface area contributed by atoms with Gasteiger partial charge in [0.2, 0.25) is 5.91 Å². The zero-order valence-electron chi connectivity index (χ0n) is 6.97. The van der Waals surface area contributed by atoms with E-state index < -0.39 is 5.69 Å². The summed E-state index contributed by atoms with van der Waals surface area (Å²) in [6.07, 6.45) is 3.07. The molecule has 0 aliphatic rings.